The maximum Gasteiger partial charge on any atom is 0.338 e. The second kappa shape index (κ2) is 4.88. The van der Waals surface area contributed by atoms with Gasteiger partial charge in [-0.2, -0.15) is 0 Å². The summed E-state index contributed by atoms with van der Waals surface area (Å²) in [5.41, 5.74) is 1.71. The number of carbonyl (C=O) groups excluding carboxylic acids is 2. The zero-order valence-electron chi connectivity index (χ0n) is 10.9. The first-order chi connectivity index (χ1) is 9.70. The lowest BCUT2D eigenvalue weighted by Crippen LogP contribution is -2.44. The molecule has 2 aliphatic rings. The van der Waals surface area contributed by atoms with Gasteiger partial charge in [-0.25, -0.2) is 9.59 Å². The molecule has 3 rings (SSSR count). The van der Waals surface area contributed by atoms with Crippen molar-refractivity contribution in [2.75, 3.05) is 13.2 Å². The number of benzene rings is 1. The van der Waals surface area contributed by atoms with Crippen molar-refractivity contribution in [3.63, 3.8) is 0 Å². The highest BCUT2D eigenvalue weighted by molar-refractivity contribution is 5.97. The first-order valence-electron chi connectivity index (χ1n) is 6.40. The largest absolute Gasteiger partial charge is 0.494 e. The van der Waals surface area contributed by atoms with Crippen LogP contribution in [0.4, 0.5) is 4.79 Å². The smallest absolute Gasteiger partial charge is 0.338 e. The lowest BCUT2D eigenvalue weighted by atomic mass is 9.95. The van der Waals surface area contributed by atoms with Crippen LogP contribution in [0, 0.1) is 0 Å². The first-order valence-corrected chi connectivity index (χ1v) is 6.40. The summed E-state index contributed by atoms with van der Waals surface area (Å²) >= 11 is 0. The van der Waals surface area contributed by atoms with Crippen LogP contribution < -0.4 is 15.4 Å². The average Bonchev–Trinajstić information content (AvgIpc) is 2.80. The van der Waals surface area contributed by atoms with E-state index < -0.39 is 12.0 Å². The zero-order valence-corrected chi connectivity index (χ0v) is 10.9. The summed E-state index contributed by atoms with van der Waals surface area (Å²) in [7, 11) is 0. The molecule has 0 fully saturated rings. The summed E-state index contributed by atoms with van der Waals surface area (Å²) in [6.07, 6.45) is 0. The molecular formula is C14H14N2O4. The van der Waals surface area contributed by atoms with Gasteiger partial charge < -0.3 is 20.1 Å². The Morgan fingerprint density at radius 2 is 2.15 bits per heavy atom. The van der Waals surface area contributed by atoms with E-state index in [4.69, 9.17) is 9.47 Å². The van der Waals surface area contributed by atoms with Gasteiger partial charge >= 0.3 is 12.0 Å². The zero-order chi connectivity index (χ0) is 14.1. The molecule has 1 aromatic carbocycles. The maximum atomic E-state index is 11.9. The van der Waals surface area contributed by atoms with Gasteiger partial charge in [-0.05, 0) is 13.0 Å². The van der Waals surface area contributed by atoms with Crippen LogP contribution in [0.3, 0.4) is 0 Å². The molecule has 2 N–H and O–H groups in total. The van der Waals surface area contributed by atoms with E-state index in [1.165, 1.54) is 0 Å². The van der Waals surface area contributed by atoms with Crippen molar-refractivity contribution in [2.24, 2.45) is 0 Å². The molecule has 0 radical (unpaired) electrons. The first kappa shape index (κ1) is 12.5. The Hall–Kier alpha value is -2.50. The van der Waals surface area contributed by atoms with E-state index in [1.54, 1.807) is 0 Å². The molecule has 20 heavy (non-hydrogen) atoms. The Balaban J connectivity index is 2.06. The molecule has 0 aliphatic carbocycles. The van der Waals surface area contributed by atoms with E-state index in [0.29, 0.717) is 23.6 Å². The summed E-state index contributed by atoms with van der Waals surface area (Å²) in [6, 6.07) is 6.44. The highest BCUT2D eigenvalue weighted by Gasteiger charge is 2.38. The van der Waals surface area contributed by atoms with Gasteiger partial charge in [-0.3, -0.25) is 0 Å². The standard InChI is InChI=1S/C14H14N2O4/c1-2-19-10-6-4-3-5-8(10)12-11-9(7-20-13(11)17)15-14(18)16-12/h3-6,12H,2,7H2,1H3,(H2,15,16,18). The van der Waals surface area contributed by atoms with Gasteiger partial charge in [0.1, 0.15) is 12.4 Å². The number of hydrogen-bond acceptors (Lipinski definition) is 4. The molecule has 2 aliphatic heterocycles. The summed E-state index contributed by atoms with van der Waals surface area (Å²) < 4.78 is 10.6. The minimum atomic E-state index is -0.545. The van der Waals surface area contributed by atoms with Crippen molar-refractivity contribution in [3.8, 4) is 5.75 Å². The molecule has 6 heteroatoms. The van der Waals surface area contributed by atoms with Crippen LogP contribution in [0.1, 0.15) is 18.5 Å². The minimum Gasteiger partial charge on any atom is -0.494 e. The van der Waals surface area contributed by atoms with E-state index in [0.717, 1.165) is 5.56 Å². The van der Waals surface area contributed by atoms with Gasteiger partial charge in [0.05, 0.1) is 23.9 Å². The van der Waals surface area contributed by atoms with E-state index in [-0.39, 0.29) is 12.6 Å². The van der Waals surface area contributed by atoms with E-state index in [2.05, 4.69) is 10.6 Å². The van der Waals surface area contributed by atoms with Crippen molar-refractivity contribution in [1.29, 1.82) is 0 Å². The molecule has 1 aromatic rings. The van der Waals surface area contributed by atoms with E-state index in [1.807, 2.05) is 31.2 Å². The number of cyclic esters (lactones) is 1. The molecule has 0 bridgehead atoms. The predicted octanol–water partition coefficient (Wildman–Crippen LogP) is 1.25. The van der Waals surface area contributed by atoms with Crippen molar-refractivity contribution in [3.05, 3.63) is 41.1 Å². The fourth-order valence-electron chi connectivity index (χ4n) is 2.43. The van der Waals surface area contributed by atoms with Crippen LogP contribution in [0.15, 0.2) is 35.5 Å². The van der Waals surface area contributed by atoms with Gasteiger partial charge in [-0.1, -0.05) is 18.2 Å². The van der Waals surface area contributed by atoms with Crippen molar-refractivity contribution in [2.45, 2.75) is 13.0 Å². The normalized spacial score (nSPS) is 20.9. The number of ether oxygens (including phenoxy) is 2. The summed E-state index contributed by atoms with van der Waals surface area (Å²) in [5, 5.41) is 5.35. The quantitative estimate of drug-likeness (QED) is 0.813. The second-order valence-electron chi connectivity index (χ2n) is 4.47. The second-order valence-corrected chi connectivity index (χ2v) is 4.47. The Bertz CT molecular complexity index is 609. The number of rotatable bonds is 3. The lowest BCUT2D eigenvalue weighted by Gasteiger charge is -2.26. The Morgan fingerprint density at radius 1 is 1.35 bits per heavy atom. The molecule has 104 valence electrons. The summed E-state index contributed by atoms with van der Waals surface area (Å²) in [5.74, 6) is 0.234. The average molecular weight is 274 g/mol. The van der Waals surface area contributed by atoms with Gasteiger partial charge in [0, 0.05) is 5.56 Å². The van der Waals surface area contributed by atoms with Crippen LogP contribution in [-0.4, -0.2) is 25.2 Å². The van der Waals surface area contributed by atoms with Gasteiger partial charge in [0.25, 0.3) is 0 Å². The molecule has 1 unspecified atom stereocenters. The predicted molar refractivity (Wildman–Crippen MR) is 70.0 cm³/mol. The SMILES string of the molecule is CCOc1ccccc1C1NC(=O)NC2=C1C(=O)OC2. The maximum absolute atomic E-state index is 11.9. The number of para-hydroxylation sites is 1. The number of urea groups is 1. The third-order valence-corrected chi connectivity index (χ3v) is 3.25. The van der Waals surface area contributed by atoms with Crippen LogP contribution in [0.25, 0.3) is 0 Å². The Kier molecular flexibility index (Phi) is 3.06. The minimum absolute atomic E-state index is 0.106. The third-order valence-electron chi connectivity index (χ3n) is 3.25. The fraction of sp³-hybridized carbons (Fsp3) is 0.286. The highest BCUT2D eigenvalue weighted by Crippen LogP contribution is 2.35. The number of carbonyl (C=O) groups is 2. The summed E-state index contributed by atoms with van der Waals surface area (Å²) in [6.45, 7) is 2.49. The molecule has 2 heterocycles. The molecule has 1 atom stereocenters. The van der Waals surface area contributed by atoms with Crippen LogP contribution in [0.2, 0.25) is 0 Å². The monoisotopic (exact) mass is 274 g/mol. The number of hydrogen-bond donors (Lipinski definition) is 2. The highest BCUT2D eigenvalue weighted by atomic mass is 16.5. The fourth-order valence-corrected chi connectivity index (χ4v) is 2.43. The molecule has 6 nitrogen and oxygen atoms in total. The molecule has 0 aromatic heterocycles. The molecule has 2 amide bonds. The van der Waals surface area contributed by atoms with E-state index >= 15 is 0 Å². The van der Waals surface area contributed by atoms with Crippen molar-refractivity contribution >= 4 is 12.0 Å². The van der Waals surface area contributed by atoms with Crippen LogP contribution in [-0.2, 0) is 9.53 Å². The van der Waals surface area contributed by atoms with E-state index in [9.17, 15) is 9.59 Å². The molecule has 0 saturated carbocycles. The van der Waals surface area contributed by atoms with Gasteiger partial charge in [0.2, 0.25) is 0 Å². The topological polar surface area (TPSA) is 76.7 Å². The van der Waals surface area contributed by atoms with Gasteiger partial charge in [0.15, 0.2) is 0 Å². The van der Waals surface area contributed by atoms with Crippen molar-refractivity contribution < 1.29 is 19.1 Å². The van der Waals surface area contributed by atoms with Crippen molar-refractivity contribution in [1.82, 2.24) is 10.6 Å². The third kappa shape index (κ3) is 1.99. The van der Waals surface area contributed by atoms with Gasteiger partial charge in [-0.15, -0.1) is 0 Å². The van der Waals surface area contributed by atoms with Crippen LogP contribution >= 0.6 is 0 Å². The molecule has 0 saturated heterocycles. The molecule has 0 spiro atoms. The Labute approximate surface area is 115 Å². The summed E-state index contributed by atoms with van der Waals surface area (Å²) in [4.78, 5) is 23.6. The number of esters is 1. The lowest BCUT2D eigenvalue weighted by molar-refractivity contribution is -0.136. The Morgan fingerprint density at radius 3 is 2.95 bits per heavy atom. The van der Waals surface area contributed by atoms with Crippen LogP contribution in [0.5, 0.6) is 5.75 Å². The molecular weight excluding hydrogens is 260 g/mol. The number of nitrogens with one attached hydrogen (secondary N) is 2. The number of amides is 2.